The molecule has 0 heterocycles. The van der Waals surface area contributed by atoms with Gasteiger partial charge in [0.05, 0.1) is 24.8 Å². The van der Waals surface area contributed by atoms with Gasteiger partial charge >= 0.3 is 0 Å². The van der Waals surface area contributed by atoms with Crippen LogP contribution in [0.5, 0.6) is 0 Å². The number of aliphatic hydroxyl groups excluding tert-OH is 2. The summed E-state index contributed by atoms with van der Waals surface area (Å²) in [7, 11) is 0. The fraction of sp³-hybridized carbons (Fsp3) is 0.579. The minimum atomic E-state index is -1.18. The Morgan fingerprint density at radius 3 is 2.36 bits per heavy atom. The number of benzene rings is 1. The number of amides is 2. The summed E-state index contributed by atoms with van der Waals surface area (Å²) in [4.78, 5) is 23.3. The van der Waals surface area contributed by atoms with Crippen LogP contribution in [0, 0.1) is 11.6 Å². The van der Waals surface area contributed by atoms with Crippen LogP contribution >= 0.6 is 0 Å². The van der Waals surface area contributed by atoms with Crippen LogP contribution in [0.15, 0.2) is 18.2 Å². The highest BCUT2D eigenvalue weighted by atomic mass is 19.1. The Bertz CT molecular complexity index is 625. The number of hydrogen-bond acceptors (Lipinski definition) is 5. The number of aliphatic hydroxyl groups is 2. The summed E-state index contributed by atoms with van der Waals surface area (Å²) in [5.41, 5.74) is 0.257. The fourth-order valence-corrected chi connectivity index (χ4v) is 2.74. The lowest BCUT2D eigenvalue weighted by molar-refractivity contribution is -0.127. The van der Waals surface area contributed by atoms with Crippen molar-refractivity contribution in [2.75, 3.05) is 19.8 Å². The molecule has 0 aliphatic heterocycles. The van der Waals surface area contributed by atoms with E-state index in [0.717, 1.165) is 24.6 Å². The molecule has 0 fully saturated rings. The van der Waals surface area contributed by atoms with Crippen molar-refractivity contribution in [2.24, 2.45) is 0 Å². The second-order valence-electron chi connectivity index (χ2n) is 6.59. The Labute approximate surface area is 163 Å². The molecule has 1 unspecified atom stereocenters. The summed E-state index contributed by atoms with van der Waals surface area (Å²) in [6.45, 7) is 2.98. The average molecular weight is 402 g/mol. The van der Waals surface area contributed by atoms with Crippen LogP contribution in [0.25, 0.3) is 0 Å². The Morgan fingerprint density at radius 1 is 1.18 bits per heavy atom. The van der Waals surface area contributed by atoms with Crippen LogP contribution in [0.4, 0.5) is 8.78 Å². The lowest BCUT2D eigenvalue weighted by atomic mass is 9.96. The van der Waals surface area contributed by atoms with Gasteiger partial charge < -0.3 is 25.6 Å². The normalized spacial score (nSPS) is 14.2. The third kappa shape index (κ3) is 9.20. The molecule has 0 aliphatic rings. The molecule has 3 atom stereocenters. The number of carbonyl (C=O) groups is 2. The van der Waals surface area contributed by atoms with Gasteiger partial charge in [0, 0.05) is 19.6 Å². The van der Waals surface area contributed by atoms with Crippen LogP contribution in [-0.4, -0.2) is 60.0 Å². The average Bonchev–Trinajstić information content (AvgIpc) is 2.59. The highest BCUT2D eigenvalue weighted by Crippen LogP contribution is 2.14. The monoisotopic (exact) mass is 402 g/mol. The molecule has 7 nitrogen and oxygen atoms in total. The third-order valence-corrected chi connectivity index (χ3v) is 3.92. The maximum absolute atomic E-state index is 13.4. The Hall–Kier alpha value is -2.10. The van der Waals surface area contributed by atoms with E-state index in [4.69, 9.17) is 4.74 Å². The van der Waals surface area contributed by atoms with E-state index in [0.29, 0.717) is 6.61 Å². The van der Waals surface area contributed by atoms with Gasteiger partial charge in [0.2, 0.25) is 11.8 Å². The van der Waals surface area contributed by atoms with E-state index in [-0.39, 0.29) is 25.0 Å². The molecule has 0 aromatic heterocycles. The van der Waals surface area contributed by atoms with E-state index < -0.39 is 48.2 Å². The molecule has 2 amide bonds. The molecular weight excluding hydrogens is 374 g/mol. The Balaban J connectivity index is 2.74. The molecule has 158 valence electrons. The first kappa shape index (κ1) is 23.9. The van der Waals surface area contributed by atoms with Crippen LogP contribution < -0.4 is 10.6 Å². The standard InChI is InChI=1S/C19H28F2N2O5/c1-3-4-28-11-19(27)23-16(10-24)9-18(26)17(22-12(2)25)7-13-5-14(20)8-15(21)6-13/h5-6,8,16-18,24,26H,3-4,7,9-11H2,1-2H3,(H,22,25)(H,23,27)/t16?,17-,18-/m0/s1. The smallest absolute Gasteiger partial charge is 0.246 e. The summed E-state index contributed by atoms with van der Waals surface area (Å²) >= 11 is 0. The van der Waals surface area contributed by atoms with Crippen LogP contribution in [0.2, 0.25) is 0 Å². The summed E-state index contributed by atoms with van der Waals surface area (Å²) in [5, 5.41) is 25.0. The summed E-state index contributed by atoms with van der Waals surface area (Å²) in [6, 6.07) is 1.32. The second-order valence-corrected chi connectivity index (χ2v) is 6.59. The van der Waals surface area contributed by atoms with E-state index in [2.05, 4.69) is 10.6 Å². The first-order valence-electron chi connectivity index (χ1n) is 9.13. The van der Waals surface area contributed by atoms with Gasteiger partial charge in [-0.15, -0.1) is 0 Å². The first-order valence-corrected chi connectivity index (χ1v) is 9.13. The van der Waals surface area contributed by atoms with Crippen molar-refractivity contribution >= 4 is 11.8 Å². The van der Waals surface area contributed by atoms with Crippen LogP contribution in [0.3, 0.4) is 0 Å². The van der Waals surface area contributed by atoms with Crippen molar-refractivity contribution in [3.63, 3.8) is 0 Å². The maximum Gasteiger partial charge on any atom is 0.246 e. The van der Waals surface area contributed by atoms with Gasteiger partial charge in [-0.1, -0.05) is 6.92 Å². The van der Waals surface area contributed by atoms with Crippen LogP contribution in [-0.2, 0) is 20.7 Å². The molecule has 0 spiro atoms. The molecular formula is C19H28F2N2O5. The van der Waals surface area contributed by atoms with E-state index >= 15 is 0 Å². The Kier molecular flexibility index (Phi) is 10.6. The van der Waals surface area contributed by atoms with Crippen LogP contribution in [0.1, 0.15) is 32.3 Å². The number of rotatable bonds is 12. The Morgan fingerprint density at radius 2 is 1.82 bits per heavy atom. The zero-order valence-corrected chi connectivity index (χ0v) is 16.1. The van der Waals surface area contributed by atoms with E-state index in [1.807, 2.05) is 6.92 Å². The van der Waals surface area contributed by atoms with Gasteiger partial charge in [0.15, 0.2) is 0 Å². The predicted molar refractivity (Wildman–Crippen MR) is 98.4 cm³/mol. The molecule has 1 aromatic rings. The minimum absolute atomic E-state index is 0.0267. The highest BCUT2D eigenvalue weighted by Gasteiger charge is 2.25. The molecule has 9 heteroatoms. The quantitative estimate of drug-likeness (QED) is 0.385. The van der Waals surface area contributed by atoms with Gasteiger partial charge in [-0.05, 0) is 37.0 Å². The fourth-order valence-electron chi connectivity index (χ4n) is 2.74. The molecule has 1 rings (SSSR count). The lowest BCUT2D eigenvalue weighted by Crippen LogP contribution is -2.49. The lowest BCUT2D eigenvalue weighted by Gasteiger charge is -2.27. The minimum Gasteiger partial charge on any atom is -0.394 e. The zero-order valence-electron chi connectivity index (χ0n) is 16.1. The van der Waals surface area contributed by atoms with Crippen molar-refractivity contribution < 1.29 is 33.3 Å². The molecule has 0 radical (unpaired) electrons. The predicted octanol–water partition coefficient (Wildman–Crippen LogP) is 0.667. The summed E-state index contributed by atoms with van der Waals surface area (Å²) in [6.07, 6.45) is -0.516. The van der Waals surface area contributed by atoms with Crippen molar-refractivity contribution in [1.82, 2.24) is 10.6 Å². The number of hydrogen-bond donors (Lipinski definition) is 4. The molecule has 1 aromatic carbocycles. The van der Waals surface area contributed by atoms with E-state index in [1.54, 1.807) is 0 Å². The number of carbonyl (C=O) groups excluding carboxylic acids is 2. The second kappa shape index (κ2) is 12.4. The van der Waals surface area contributed by atoms with Gasteiger partial charge in [-0.25, -0.2) is 8.78 Å². The summed E-state index contributed by atoms with van der Waals surface area (Å²) in [5.74, 6) is -2.40. The SMILES string of the molecule is CCCOCC(=O)NC(CO)C[C@H](O)[C@H](Cc1cc(F)cc(F)c1)NC(C)=O. The molecule has 0 aliphatic carbocycles. The van der Waals surface area contributed by atoms with E-state index in [1.165, 1.54) is 6.92 Å². The van der Waals surface area contributed by atoms with Gasteiger partial charge in [-0.3, -0.25) is 9.59 Å². The molecule has 0 bridgehead atoms. The van der Waals surface area contributed by atoms with Crippen molar-refractivity contribution in [3.8, 4) is 0 Å². The maximum atomic E-state index is 13.4. The van der Waals surface area contributed by atoms with Gasteiger partial charge in [0.25, 0.3) is 0 Å². The summed E-state index contributed by atoms with van der Waals surface area (Å²) < 4.78 is 31.9. The molecule has 0 saturated heterocycles. The molecule has 4 N–H and O–H groups in total. The molecule has 0 saturated carbocycles. The number of nitrogens with one attached hydrogen (secondary N) is 2. The van der Waals surface area contributed by atoms with Crippen molar-refractivity contribution in [3.05, 3.63) is 35.4 Å². The first-order chi connectivity index (χ1) is 13.2. The van der Waals surface area contributed by atoms with Gasteiger partial charge in [-0.2, -0.15) is 0 Å². The van der Waals surface area contributed by atoms with Crippen molar-refractivity contribution in [2.45, 2.75) is 51.3 Å². The molecule has 28 heavy (non-hydrogen) atoms. The topological polar surface area (TPSA) is 108 Å². The third-order valence-electron chi connectivity index (χ3n) is 3.92. The van der Waals surface area contributed by atoms with Gasteiger partial charge in [0.1, 0.15) is 18.2 Å². The van der Waals surface area contributed by atoms with Crippen molar-refractivity contribution in [1.29, 1.82) is 0 Å². The number of halogens is 2. The largest absolute Gasteiger partial charge is 0.394 e. The zero-order chi connectivity index (χ0) is 21.1. The highest BCUT2D eigenvalue weighted by molar-refractivity contribution is 5.77. The number of ether oxygens (including phenoxy) is 1. The van der Waals surface area contributed by atoms with E-state index in [9.17, 15) is 28.6 Å².